The fourth-order valence-electron chi connectivity index (χ4n) is 1.93. The lowest BCUT2D eigenvalue weighted by molar-refractivity contribution is 0.0913. The van der Waals surface area contributed by atoms with Crippen LogP contribution in [0.15, 0.2) is 39.2 Å². The zero-order valence-electron chi connectivity index (χ0n) is 13.3. The van der Waals surface area contributed by atoms with E-state index in [-0.39, 0.29) is 18.3 Å². The lowest BCUT2D eigenvalue weighted by atomic mass is 10.3. The molecule has 0 unspecified atom stereocenters. The summed E-state index contributed by atoms with van der Waals surface area (Å²) in [6, 6.07) is 8.69. The van der Waals surface area contributed by atoms with Crippen molar-refractivity contribution < 1.29 is 18.7 Å². The Labute approximate surface area is 154 Å². The van der Waals surface area contributed by atoms with Crippen molar-refractivity contribution in [3.8, 4) is 5.75 Å². The van der Waals surface area contributed by atoms with Crippen LogP contribution in [0, 0.1) is 0 Å². The summed E-state index contributed by atoms with van der Waals surface area (Å²) in [6.07, 6.45) is 0.762. The number of carbonyl (C=O) groups excluding carboxylic acids is 1. The molecular weight excluding hydrogens is 398 g/mol. The number of ether oxygens (including phenoxy) is 2. The zero-order valence-corrected chi connectivity index (χ0v) is 15.7. The Morgan fingerprint density at radius 1 is 1.33 bits per heavy atom. The predicted molar refractivity (Wildman–Crippen MR) is 95.6 cm³/mol. The van der Waals surface area contributed by atoms with Crippen LogP contribution in [0.25, 0.3) is 0 Å². The van der Waals surface area contributed by atoms with Crippen molar-refractivity contribution in [2.75, 3.05) is 19.8 Å². The predicted octanol–water partition coefficient (Wildman–Crippen LogP) is 4.43. The van der Waals surface area contributed by atoms with Crippen LogP contribution >= 0.6 is 27.5 Å². The Hall–Kier alpha value is -1.50. The second-order valence-corrected chi connectivity index (χ2v) is 6.26. The third-order valence-corrected chi connectivity index (χ3v) is 3.89. The van der Waals surface area contributed by atoms with Gasteiger partial charge in [0.2, 0.25) is 0 Å². The molecule has 0 aliphatic carbocycles. The maximum Gasteiger partial charge on any atom is 0.286 e. The van der Waals surface area contributed by atoms with E-state index < -0.39 is 0 Å². The normalized spacial score (nSPS) is 10.6. The molecule has 0 aliphatic rings. The molecule has 130 valence electrons. The monoisotopic (exact) mass is 415 g/mol. The molecule has 0 atom stereocenters. The van der Waals surface area contributed by atoms with Gasteiger partial charge in [0, 0.05) is 24.2 Å². The molecule has 1 N–H and O–H groups in total. The second-order valence-electron chi connectivity index (χ2n) is 4.94. The highest BCUT2D eigenvalue weighted by atomic mass is 79.9. The first kappa shape index (κ1) is 18.8. The minimum Gasteiger partial charge on any atom is -0.484 e. The molecule has 24 heavy (non-hydrogen) atoms. The summed E-state index contributed by atoms with van der Waals surface area (Å²) in [6.45, 7) is 3.98. The Morgan fingerprint density at radius 2 is 2.17 bits per heavy atom. The lowest BCUT2D eigenvalue weighted by Crippen LogP contribution is -2.24. The smallest absolute Gasteiger partial charge is 0.286 e. The number of furan rings is 1. The quantitative estimate of drug-likeness (QED) is 0.614. The van der Waals surface area contributed by atoms with Crippen LogP contribution in [0.3, 0.4) is 0 Å². The molecule has 0 spiro atoms. The van der Waals surface area contributed by atoms with Gasteiger partial charge in [0.1, 0.15) is 18.1 Å². The maximum atomic E-state index is 11.9. The van der Waals surface area contributed by atoms with E-state index in [1.165, 1.54) is 0 Å². The number of rotatable bonds is 9. The van der Waals surface area contributed by atoms with E-state index in [4.69, 9.17) is 25.5 Å². The van der Waals surface area contributed by atoms with Gasteiger partial charge in [0.05, 0.1) is 5.02 Å². The van der Waals surface area contributed by atoms with Crippen LogP contribution in [-0.4, -0.2) is 25.7 Å². The Kier molecular flexibility index (Phi) is 7.62. The summed E-state index contributed by atoms with van der Waals surface area (Å²) in [7, 11) is 0. The summed E-state index contributed by atoms with van der Waals surface area (Å²) in [5.41, 5.74) is 0. The molecule has 0 saturated carbocycles. The molecule has 5 nitrogen and oxygen atoms in total. The Bertz CT molecular complexity index is 674. The minimum absolute atomic E-state index is 0.193. The van der Waals surface area contributed by atoms with Crippen molar-refractivity contribution in [1.82, 2.24) is 5.32 Å². The molecule has 0 radical (unpaired) electrons. The first-order valence-corrected chi connectivity index (χ1v) is 8.79. The Morgan fingerprint density at radius 3 is 2.92 bits per heavy atom. The highest BCUT2D eigenvalue weighted by Crippen LogP contribution is 2.28. The van der Waals surface area contributed by atoms with Gasteiger partial charge in [-0.3, -0.25) is 4.79 Å². The average molecular weight is 417 g/mol. The van der Waals surface area contributed by atoms with E-state index >= 15 is 0 Å². The molecule has 1 amide bonds. The number of hydrogen-bond donors (Lipinski definition) is 1. The third-order valence-electron chi connectivity index (χ3n) is 3.10. The van der Waals surface area contributed by atoms with E-state index in [1.54, 1.807) is 24.3 Å². The van der Waals surface area contributed by atoms with Crippen molar-refractivity contribution in [3.63, 3.8) is 0 Å². The van der Waals surface area contributed by atoms with Crippen molar-refractivity contribution in [2.45, 2.75) is 20.0 Å². The first-order chi connectivity index (χ1) is 11.6. The molecule has 0 saturated heterocycles. The van der Waals surface area contributed by atoms with Gasteiger partial charge in [-0.15, -0.1) is 0 Å². The molecule has 1 aromatic carbocycles. The average Bonchev–Trinajstić information content (AvgIpc) is 3.03. The van der Waals surface area contributed by atoms with Gasteiger partial charge in [-0.05, 0) is 43.7 Å². The summed E-state index contributed by atoms with van der Waals surface area (Å²) >= 11 is 9.42. The Balaban J connectivity index is 1.81. The second kappa shape index (κ2) is 9.71. The van der Waals surface area contributed by atoms with E-state index in [0.29, 0.717) is 36.3 Å². The molecular formula is C17H19BrClNO4. The topological polar surface area (TPSA) is 60.7 Å². The summed E-state index contributed by atoms with van der Waals surface area (Å²) in [5, 5.41) is 3.28. The highest BCUT2D eigenvalue weighted by molar-refractivity contribution is 9.10. The van der Waals surface area contributed by atoms with E-state index in [0.717, 1.165) is 10.9 Å². The van der Waals surface area contributed by atoms with E-state index in [9.17, 15) is 4.79 Å². The molecule has 0 aliphatic heterocycles. The number of amides is 1. The fraction of sp³-hybridized carbons (Fsp3) is 0.353. The van der Waals surface area contributed by atoms with Crippen LogP contribution in [0.1, 0.15) is 29.7 Å². The van der Waals surface area contributed by atoms with Crippen molar-refractivity contribution >= 4 is 33.4 Å². The molecule has 0 fully saturated rings. The SMILES string of the molecule is CCOCCCNC(=O)c1ccc(COc2ccc(Br)cc2Cl)o1. The van der Waals surface area contributed by atoms with Gasteiger partial charge >= 0.3 is 0 Å². The molecule has 1 aromatic heterocycles. The van der Waals surface area contributed by atoms with Gasteiger partial charge < -0.3 is 19.2 Å². The van der Waals surface area contributed by atoms with E-state index in [2.05, 4.69) is 21.2 Å². The van der Waals surface area contributed by atoms with Gasteiger partial charge in [0.15, 0.2) is 5.76 Å². The van der Waals surface area contributed by atoms with Crippen LogP contribution in [-0.2, 0) is 11.3 Å². The molecule has 1 heterocycles. The standard InChI is InChI=1S/C17H19BrClNO4/c1-2-22-9-3-8-20-17(21)16-7-5-13(24-16)11-23-15-6-4-12(18)10-14(15)19/h4-7,10H,2-3,8-9,11H2,1H3,(H,20,21). The molecule has 7 heteroatoms. The number of benzene rings is 1. The van der Waals surface area contributed by atoms with Crippen molar-refractivity contribution in [1.29, 1.82) is 0 Å². The van der Waals surface area contributed by atoms with Crippen LogP contribution in [0.5, 0.6) is 5.75 Å². The van der Waals surface area contributed by atoms with Gasteiger partial charge in [-0.1, -0.05) is 27.5 Å². The van der Waals surface area contributed by atoms with Crippen molar-refractivity contribution in [3.05, 3.63) is 51.3 Å². The number of nitrogens with one attached hydrogen (secondary N) is 1. The summed E-state index contributed by atoms with van der Waals surface area (Å²) in [4.78, 5) is 11.9. The largest absolute Gasteiger partial charge is 0.484 e. The van der Waals surface area contributed by atoms with E-state index in [1.807, 2.05) is 13.0 Å². The number of carbonyl (C=O) groups is 1. The minimum atomic E-state index is -0.251. The number of hydrogen-bond acceptors (Lipinski definition) is 4. The first-order valence-electron chi connectivity index (χ1n) is 7.62. The lowest BCUT2D eigenvalue weighted by Gasteiger charge is -2.06. The van der Waals surface area contributed by atoms with Gasteiger partial charge in [-0.2, -0.15) is 0 Å². The van der Waals surface area contributed by atoms with Gasteiger partial charge in [-0.25, -0.2) is 0 Å². The summed E-state index contributed by atoms with van der Waals surface area (Å²) < 4.78 is 17.2. The summed E-state index contributed by atoms with van der Waals surface area (Å²) in [5.74, 6) is 1.11. The third kappa shape index (κ3) is 5.85. The zero-order chi connectivity index (χ0) is 17.4. The van der Waals surface area contributed by atoms with Crippen molar-refractivity contribution in [2.24, 2.45) is 0 Å². The maximum absolute atomic E-state index is 11.9. The molecule has 2 aromatic rings. The highest BCUT2D eigenvalue weighted by Gasteiger charge is 2.11. The van der Waals surface area contributed by atoms with Crippen LogP contribution < -0.4 is 10.1 Å². The molecule has 2 rings (SSSR count). The number of halogens is 2. The van der Waals surface area contributed by atoms with Crippen LogP contribution in [0.4, 0.5) is 0 Å². The van der Waals surface area contributed by atoms with Gasteiger partial charge in [0.25, 0.3) is 5.91 Å². The van der Waals surface area contributed by atoms with Crippen LogP contribution in [0.2, 0.25) is 5.02 Å². The molecule has 0 bridgehead atoms. The fourth-order valence-corrected chi connectivity index (χ4v) is 2.65.